The van der Waals surface area contributed by atoms with Crippen LogP contribution in [0, 0.1) is 6.92 Å². The highest BCUT2D eigenvalue weighted by Gasteiger charge is 2.47. The summed E-state index contributed by atoms with van der Waals surface area (Å²) in [7, 11) is 0. The van der Waals surface area contributed by atoms with E-state index >= 15 is 0 Å². The van der Waals surface area contributed by atoms with Gasteiger partial charge >= 0.3 is 0 Å². The van der Waals surface area contributed by atoms with E-state index in [9.17, 15) is 0 Å². The Morgan fingerprint density at radius 2 is 2.36 bits per heavy atom. The molecule has 1 saturated carbocycles. The summed E-state index contributed by atoms with van der Waals surface area (Å²) in [4.78, 5) is 4.40. The van der Waals surface area contributed by atoms with Crippen LogP contribution in [-0.4, -0.2) is 15.1 Å². The average molecular weight is 191 g/mol. The van der Waals surface area contributed by atoms with E-state index in [1.165, 1.54) is 43.5 Å². The van der Waals surface area contributed by atoms with Gasteiger partial charge in [-0.25, -0.2) is 4.98 Å². The number of fused-ring (bicyclic) bond motifs is 1. The Balaban J connectivity index is 2.03. The summed E-state index contributed by atoms with van der Waals surface area (Å²) < 4.78 is 2.34. The number of aromatic nitrogens is 2. The van der Waals surface area contributed by atoms with E-state index < -0.39 is 0 Å². The summed E-state index contributed by atoms with van der Waals surface area (Å²) in [6, 6.07) is 0.521. The van der Waals surface area contributed by atoms with Gasteiger partial charge in [0, 0.05) is 11.2 Å². The number of nitrogens with two attached hydrogens (primary N) is 1. The van der Waals surface area contributed by atoms with Crippen molar-refractivity contribution in [1.82, 2.24) is 9.55 Å². The van der Waals surface area contributed by atoms with Crippen molar-refractivity contribution in [2.24, 2.45) is 5.73 Å². The molecule has 1 aromatic heterocycles. The monoisotopic (exact) mass is 191 g/mol. The molecule has 1 fully saturated rings. The van der Waals surface area contributed by atoms with Crippen molar-refractivity contribution in [3.63, 3.8) is 0 Å². The second kappa shape index (κ2) is 2.60. The van der Waals surface area contributed by atoms with Gasteiger partial charge in [-0.05, 0) is 39.0 Å². The fourth-order valence-electron chi connectivity index (χ4n) is 2.70. The molecule has 3 rings (SSSR count). The van der Waals surface area contributed by atoms with Gasteiger partial charge in [-0.1, -0.05) is 0 Å². The Kier molecular flexibility index (Phi) is 1.57. The maximum absolute atomic E-state index is 6.30. The Labute approximate surface area is 84.3 Å². The molecular formula is C11H17N3. The molecule has 1 atom stereocenters. The molecule has 1 aliphatic heterocycles. The molecule has 14 heavy (non-hydrogen) atoms. The molecule has 0 aromatic carbocycles. The molecule has 3 heteroatoms. The lowest BCUT2D eigenvalue weighted by molar-refractivity contribution is 0.326. The van der Waals surface area contributed by atoms with Gasteiger partial charge in [-0.15, -0.1) is 0 Å². The Morgan fingerprint density at radius 1 is 1.57 bits per heavy atom. The molecule has 3 nitrogen and oxygen atoms in total. The van der Waals surface area contributed by atoms with Crippen molar-refractivity contribution in [2.75, 3.05) is 0 Å². The molecule has 1 aromatic rings. The van der Waals surface area contributed by atoms with Crippen LogP contribution in [0.2, 0.25) is 0 Å². The molecular weight excluding hydrogens is 174 g/mol. The van der Waals surface area contributed by atoms with Crippen LogP contribution in [-0.2, 0) is 6.42 Å². The van der Waals surface area contributed by atoms with Crippen molar-refractivity contribution in [3.05, 3.63) is 17.7 Å². The van der Waals surface area contributed by atoms with Crippen LogP contribution < -0.4 is 5.73 Å². The second-order valence-electron chi connectivity index (χ2n) is 4.83. The quantitative estimate of drug-likeness (QED) is 0.732. The molecule has 76 valence electrons. The minimum atomic E-state index is 0.0995. The average Bonchev–Trinajstić information content (AvgIpc) is 2.83. The van der Waals surface area contributed by atoms with Crippen LogP contribution in [0.1, 0.15) is 43.1 Å². The smallest absolute Gasteiger partial charge is 0.0954 e. The molecule has 0 amide bonds. The zero-order chi connectivity index (χ0) is 9.76. The van der Waals surface area contributed by atoms with Gasteiger partial charge in [0.1, 0.15) is 0 Å². The standard InChI is InChI=1S/C11H17N3/c1-8-9-3-2-4-10(11(12)5-6-11)14(9)7-13-8/h7,10H,2-6,12H2,1H3. The topological polar surface area (TPSA) is 43.8 Å². The molecule has 2 aliphatic rings. The van der Waals surface area contributed by atoms with Crippen LogP contribution in [0.4, 0.5) is 0 Å². The van der Waals surface area contributed by atoms with Crippen molar-refractivity contribution in [1.29, 1.82) is 0 Å². The molecule has 0 saturated heterocycles. The first-order valence-corrected chi connectivity index (χ1v) is 5.52. The van der Waals surface area contributed by atoms with Gasteiger partial charge in [0.2, 0.25) is 0 Å². The SMILES string of the molecule is Cc1ncn2c1CCCC2C1(N)CC1. The highest BCUT2D eigenvalue weighted by molar-refractivity contribution is 5.19. The van der Waals surface area contributed by atoms with Gasteiger partial charge in [0.15, 0.2) is 0 Å². The van der Waals surface area contributed by atoms with Crippen molar-refractivity contribution in [2.45, 2.75) is 50.6 Å². The lowest BCUT2D eigenvalue weighted by atomic mass is 9.95. The lowest BCUT2D eigenvalue weighted by Gasteiger charge is -2.30. The second-order valence-corrected chi connectivity index (χ2v) is 4.83. The molecule has 2 N–H and O–H groups in total. The first-order valence-electron chi connectivity index (χ1n) is 5.52. The lowest BCUT2D eigenvalue weighted by Crippen LogP contribution is -2.36. The summed E-state index contributed by atoms with van der Waals surface area (Å²) in [5.41, 5.74) is 9.00. The van der Waals surface area contributed by atoms with Crippen LogP contribution in [0.5, 0.6) is 0 Å². The predicted octanol–water partition coefficient (Wildman–Crippen LogP) is 1.56. The maximum atomic E-state index is 6.30. The van der Waals surface area contributed by atoms with Crippen LogP contribution in [0.25, 0.3) is 0 Å². The number of imidazole rings is 1. The molecule has 1 aliphatic carbocycles. The summed E-state index contributed by atoms with van der Waals surface area (Å²) >= 11 is 0. The number of nitrogens with zero attached hydrogens (tertiary/aromatic N) is 2. The normalized spacial score (nSPS) is 28.6. The summed E-state index contributed by atoms with van der Waals surface area (Å²) in [5.74, 6) is 0. The van der Waals surface area contributed by atoms with Crippen LogP contribution in [0.3, 0.4) is 0 Å². The molecule has 0 radical (unpaired) electrons. The van der Waals surface area contributed by atoms with E-state index in [1.54, 1.807) is 0 Å². The van der Waals surface area contributed by atoms with Gasteiger partial charge < -0.3 is 10.3 Å². The maximum Gasteiger partial charge on any atom is 0.0954 e. The van der Waals surface area contributed by atoms with E-state index in [0.717, 1.165) is 0 Å². The largest absolute Gasteiger partial charge is 0.329 e. The first kappa shape index (κ1) is 8.48. The third-order valence-corrected chi connectivity index (χ3v) is 3.82. The molecule has 1 unspecified atom stereocenters. The molecule has 0 spiro atoms. The Hall–Kier alpha value is -0.830. The third-order valence-electron chi connectivity index (χ3n) is 3.82. The number of rotatable bonds is 1. The zero-order valence-electron chi connectivity index (χ0n) is 8.66. The highest BCUT2D eigenvalue weighted by Crippen LogP contribution is 2.46. The molecule has 0 bridgehead atoms. The van der Waals surface area contributed by atoms with E-state index in [0.29, 0.717) is 6.04 Å². The minimum Gasteiger partial charge on any atom is -0.329 e. The number of hydrogen-bond acceptors (Lipinski definition) is 2. The van der Waals surface area contributed by atoms with Gasteiger partial charge in [0.05, 0.1) is 18.1 Å². The number of hydrogen-bond donors (Lipinski definition) is 1. The fourth-order valence-corrected chi connectivity index (χ4v) is 2.70. The minimum absolute atomic E-state index is 0.0995. The first-order chi connectivity index (χ1) is 6.71. The zero-order valence-corrected chi connectivity index (χ0v) is 8.66. The van der Waals surface area contributed by atoms with Crippen molar-refractivity contribution in [3.8, 4) is 0 Å². The van der Waals surface area contributed by atoms with E-state index in [-0.39, 0.29) is 5.54 Å². The van der Waals surface area contributed by atoms with Gasteiger partial charge in [0.25, 0.3) is 0 Å². The highest BCUT2D eigenvalue weighted by atomic mass is 15.1. The summed E-state index contributed by atoms with van der Waals surface area (Å²) in [6.45, 7) is 2.10. The van der Waals surface area contributed by atoms with Crippen molar-refractivity contribution >= 4 is 0 Å². The van der Waals surface area contributed by atoms with E-state index in [4.69, 9.17) is 5.73 Å². The third kappa shape index (κ3) is 1.05. The number of aryl methyl sites for hydroxylation is 1. The van der Waals surface area contributed by atoms with Gasteiger partial charge in [-0.2, -0.15) is 0 Å². The predicted molar refractivity (Wildman–Crippen MR) is 55.1 cm³/mol. The Morgan fingerprint density at radius 3 is 3.07 bits per heavy atom. The summed E-state index contributed by atoms with van der Waals surface area (Å²) in [5, 5.41) is 0. The van der Waals surface area contributed by atoms with E-state index in [1.807, 2.05) is 6.33 Å². The van der Waals surface area contributed by atoms with Gasteiger partial charge in [-0.3, -0.25) is 0 Å². The molecule has 2 heterocycles. The van der Waals surface area contributed by atoms with Crippen LogP contribution >= 0.6 is 0 Å². The fraction of sp³-hybridized carbons (Fsp3) is 0.727. The summed E-state index contributed by atoms with van der Waals surface area (Å²) in [6.07, 6.45) is 8.05. The Bertz CT molecular complexity index is 363. The van der Waals surface area contributed by atoms with E-state index in [2.05, 4.69) is 16.5 Å². The van der Waals surface area contributed by atoms with Crippen LogP contribution in [0.15, 0.2) is 6.33 Å². The van der Waals surface area contributed by atoms with Crippen molar-refractivity contribution < 1.29 is 0 Å².